The number of aromatic hydroxyl groups is 2. The first-order valence-electron chi connectivity index (χ1n) is 17.8. The summed E-state index contributed by atoms with van der Waals surface area (Å²) in [6.07, 6.45) is 5.97. The predicted octanol–water partition coefficient (Wildman–Crippen LogP) is 9.17. The second-order valence-electron chi connectivity index (χ2n) is 13.2. The summed E-state index contributed by atoms with van der Waals surface area (Å²) in [6.45, 7) is 1.30. The van der Waals surface area contributed by atoms with Crippen LogP contribution in [0.25, 0.3) is 12.2 Å². The van der Waals surface area contributed by atoms with Crippen LogP contribution >= 0.6 is 0 Å². The summed E-state index contributed by atoms with van der Waals surface area (Å²) >= 11 is 0. The van der Waals surface area contributed by atoms with Crippen molar-refractivity contribution in [2.24, 2.45) is 0 Å². The van der Waals surface area contributed by atoms with Crippen molar-refractivity contribution in [3.05, 3.63) is 177 Å². The molecule has 3 aliphatic rings. The number of rotatable bonds is 0. The van der Waals surface area contributed by atoms with Crippen molar-refractivity contribution in [1.82, 2.24) is 0 Å². The molecule has 52 heavy (non-hydrogen) atoms. The van der Waals surface area contributed by atoms with Crippen molar-refractivity contribution < 1.29 is 29.2 Å². The summed E-state index contributed by atoms with van der Waals surface area (Å²) in [5.41, 5.74) is 9.02. The van der Waals surface area contributed by atoms with Gasteiger partial charge in [0, 0.05) is 25.7 Å². The fourth-order valence-electron chi connectivity index (χ4n) is 7.10. The number of para-hydroxylation sites is 4. The summed E-state index contributed by atoms with van der Waals surface area (Å²) in [7, 11) is 0. The lowest BCUT2D eigenvalue weighted by Gasteiger charge is -2.20. The van der Waals surface area contributed by atoms with E-state index in [4.69, 9.17) is 18.9 Å². The molecule has 9 rings (SSSR count). The molecule has 260 valence electrons. The number of benzene rings is 6. The van der Waals surface area contributed by atoms with Crippen molar-refractivity contribution in [2.45, 2.75) is 25.7 Å². The van der Waals surface area contributed by atoms with Crippen LogP contribution in [0.5, 0.6) is 34.5 Å². The molecule has 0 fully saturated rings. The van der Waals surface area contributed by atoms with E-state index in [1.807, 2.05) is 121 Å². The van der Waals surface area contributed by atoms with Gasteiger partial charge in [0.2, 0.25) is 0 Å². The van der Waals surface area contributed by atoms with E-state index in [0.717, 1.165) is 78.6 Å². The number of ether oxygens (including phenoxy) is 4. The average molecular weight is 689 g/mol. The lowest BCUT2D eigenvalue weighted by Crippen LogP contribution is -2.12. The highest BCUT2D eigenvalue weighted by atomic mass is 16.5. The monoisotopic (exact) mass is 688 g/mol. The molecule has 6 nitrogen and oxygen atoms in total. The Morgan fingerprint density at radius 3 is 1.02 bits per heavy atom. The Balaban J connectivity index is 1.24. The van der Waals surface area contributed by atoms with E-state index < -0.39 is 0 Å². The summed E-state index contributed by atoms with van der Waals surface area (Å²) in [4.78, 5) is 0. The third-order valence-electron chi connectivity index (χ3n) is 9.67. The van der Waals surface area contributed by atoms with Gasteiger partial charge in [-0.1, -0.05) is 109 Å². The first-order valence-corrected chi connectivity index (χ1v) is 17.8. The molecule has 6 heteroatoms. The maximum atomic E-state index is 11.7. The van der Waals surface area contributed by atoms with Gasteiger partial charge in [-0.15, -0.1) is 0 Å². The maximum Gasteiger partial charge on any atom is 0.126 e. The molecule has 14 bridgehead atoms. The van der Waals surface area contributed by atoms with Crippen LogP contribution in [0.2, 0.25) is 0 Å². The first-order chi connectivity index (χ1) is 25.6. The Bertz CT molecular complexity index is 2010. The van der Waals surface area contributed by atoms with Crippen LogP contribution in [0.3, 0.4) is 0 Å². The molecule has 0 unspecified atom stereocenters. The van der Waals surface area contributed by atoms with Crippen LogP contribution < -0.4 is 18.9 Å². The Morgan fingerprint density at radius 2 is 0.654 bits per heavy atom. The summed E-state index contributed by atoms with van der Waals surface area (Å²) in [5.74, 6) is 3.49. The zero-order chi connectivity index (χ0) is 35.3. The number of phenolic OH excluding ortho intramolecular Hbond substituents is 2. The number of hydrogen-bond donors (Lipinski definition) is 2. The third kappa shape index (κ3) is 7.33. The first kappa shape index (κ1) is 33.0. The van der Waals surface area contributed by atoms with Crippen LogP contribution in [-0.4, -0.2) is 36.6 Å². The molecule has 0 atom stereocenters. The van der Waals surface area contributed by atoms with E-state index in [1.165, 1.54) is 0 Å². The number of phenols is 2. The van der Waals surface area contributed by atoms with Crippen LogP contribution in [0.4, 0.5) is 0 Å². The molecule has 2 heterocycles. The molecule has 6 aromatic carbocycles. The van der Waals surface area contributed by atoms with Crippen molar-refractivity contribution in [3.8, 4) is 34.5 Å². The normalized spacial score (nSPS) is 14.2. The van der Waals surface area contributed by atoms with Gasteiger partial charge in [-0.2, -0.15) is 0 Å². The second kappa shape index (κ2) is 15.0. The van der Waals surface area contributed by atoms with Gasteiger partial charge in [0.05, 0.1) is 0 Å². The zero-order valence-corrected chi connectivity index (χ0v) is 28.9. The highest BCUT2D eigenvalue weighted by Crippen LogP contribution is 2.38. The minimum absolute atomic E-state index is 0.260. The van der Waals surface area contributed by atoms with E-state index >= 15 is 0 Å². The molecule has 1 aliphatic carbocycles. The number of hydrogen-bond acceptors (Lipinski definition) is 6. The molecule has 0 radical (unpaired) electrons. The second-order valence-corrected chi connectivity index (χ2v) is 13.2. The molecular weight excluding hydrogens is 649 g/mol. The average Bonchev–Trinajstić information content (AvgIpc) is 3.15. The minimum Gasteiger partial charge on any atom is -0.507 e. The highest BCUT2D eigenvalue weighted by molar-refractivity contribution is 5.70. The molecule has 6 aromatic rings. The lowest BCUT2D eigenvalue weighted by atomic mass is 9.91. The summed E-state index contributed by atoms with van der Waals surface area (Å²) in [6, 6.07) is 40.0. The molecule has 0 aromatic heterocycles. The van der Waals surface area contributed by atoms with Gasteiger partial charge >= 0.3 is 0 Å². The number of fused-ring (bicyclic) bond motifs is 6. The fourth-order valence-corrected chi connectivity index (χ4v) is 7.10. The molecule has 2 aliphatic heterocycles. The maximum absolute atomic E-state index is 11.7. The van der Waals surface area contributed by atoms with Gasteiger partial charge in [0.15, 0.2) is 0 Å². The Morgan fingerprint density at radius 1 is 0.346 bits per heavy atom. The predicted molar refractivity (Wildman–Crippen MR) is 204 cm³/mol. The van der Waals surface area contributed by atoms with Crippen LogP contribution in [0.15, 0.2) is 121 Å². The highest BCUT2D eigenvalue weighted by Gasteiger charge is 2.20. The van der Waals surface area contributed by atoms with Crippen LogP contribution in [0.1, 0.15) is 55.6 Å². The van der Waals surface area contributed by atoms with Crippen molar-refractivity contribution in [3.63, 3.8) is 0 Å². The van der Waals surface area contributed by atoms with Gasteiger partial charge < -0.3 is 29.2 Å². The summed E-state index contributed by atoms with van der Waals surface area (Å²) in [5, 5.41) is 23.4. The fraction of sp³-hybridized carbons (Fsp3) is 0.174. The van der Waals surface area contributed by atoms with E-state index in [2.05, 4.69) is 12.2 Å². The zero-order valence-electron chi connectivity index (χ0n) is 28.9. The van der Waals surface area contributed by atoms with Gasteiger partial charge in [-0.3, -0.25) is 0 Å². The van der Waals surface area contributed by atoms with E-state index in [-0.39, 0.29) is 11.5 Å². The topological polar surface area (TPSA) is 77.4 Å². The van der Waals surface area contributed by atoms with Gasteiger partial charge in [0.1, 0.15) is 60.9 Å². The SMILES string of the molecule is Oc1c2cccc1Cc1cccc3c1OCCOc1cccc(c1)C=Cc1cccc(c1)OCCOc1c(cccc1Cc1cccc(c1O)C3)C2. The van der Waals surface area contributed by atoms with E-state index in [1.54, 1.807) is 0 Å². The van der Waals surface area contributed by atoms with Gasteiger partial charge in [0.25, 0.3) is 0 Å². The van der Waals surface area contributed by atoms with Gasteiger partial charge in [-0.25, -0.2) is 0 Å². The standard InChI is InChI=1S/C46H40O6/c47-43-33-9-3-11-35(43)29-39-15-6-16-40-30-36-12-4-10-34(44(36)48)28-38-14-5-13-37(27-33)45(38)51-23-21-49-41-17-1-7-31(25-41)19-20-32-8-2-18-42(26-32)50-22-24-52-46(39)40/h1-20,25-26,47-48H,21-24,27-30H2. The smallest absolute Gasteiger partial charge is 0.126 e. The minimum atomic E-state index is 0.260. The van der Waals surface area contributed by atoms with Crippen molar-refractivity contribution >= 4 is 12.2 Å². The van der Waals surface area contributed by atoms with Gasteiger partial charge in [-0.05, 0) is 79.9 Å². The molecule has 2 N–H and O–H groups in total. The summed E-state index contributed by atoms with van der Waals surface area (Å²) < 4.78 is 25.5. The Hall–Kier alpha value is -6.14. The van der Waals surface area contributed by atoms with Crippen LogP contribution in [0, 0.1) is 0 Å². The Kier molecular flexibility index (Phi) is 9.53. The Labute approximate surface area is 304 Å². The lowest BCUT2D eigenvalue weighted by molar-refractivity contribution is 0.215. The molecule has 0 saturated carbocycles. The van der Waals surface area contributed by atoms with E-state index in [0.29, 0.717) is 52.1 Å². The van der Waals surface area contributed by atoms with Crippen molar-refractivity contribution in [2.75, 3.05) is 26.4 Å². The van der Waals surface area contributed by atoms with E-state index in [9.17, 15) is 10.2 Å². The largest absolute Gasteiger partial charge is 0.507 e. The molecule has 0 amide bonds. The quantitative estimate of drug-likeness (QED) is 0.166. The van der Waals surface area contributed by atoms with Crippen molar-refractivity contribution in [1.29, 1.82) is 0 Å². The molecule has 0 spiro atoms. The molecular formula is C46H40O6. The van der Waals surface area contributed by atoms with Crippen LogP contribution in [-0.2, 0) is 25.7 Å². The third-order valence-corrected chi connectivity index (χ3v) is 9.67. The molecule has 0 saturated heterocycles.